The standard InChI is InChI=1S/C17H18N4O7/c1-20-14-9(15(22)21(2)17(20)25)18-13(19-14)7-6-8(16(23)24)11(27-4)12(28-5)10(7)26-3/h6H,1-5H3,(H,18,19)(H,23,24). The molecule has 1 aromatic carbocycles. The van der Waals surface area contributed by atoms with E-state index in [4.69, 9.17) is 14.2 Å². The van der Waals surface area contributed by atoms with Crippen LogP contribution in [-0.2, 0) is 14.1 Å². The maximum Gasteiger partial charge on any atom is 0.339 e. The van der Waals surface area contributed by atoms with Crippen LogP contribution in [0.3, 0.4) is 0 Å². The normalized spacial score (nSPS) is 10.9. The number of benzene rings is 1. The van der Waals surface area contributed by atoms with Gasteiger partial charge in [0.2, 0.25) is 5.75 Å². The van der Waals surface area contributed by atoms with Crippen molar-refractivity contribution in [3.8, 4) is 28.6 Å². The third-order valence-corrected chi connectivity index (χ3v) is 4.38. The zero-order valence-electron chi connectivity index (χ0n) is 15.8. The van der Waals surface area contributed by atoms with Crippen LogP contribution in [0.5, 0.6) is 17.2 Å². The molecule has 2 heterocycles. The number of nitrogens with zero attached hydrogens (tertiary/aromatic N) is 3. The van der Waals surface area contributed by atoms with Crippen LogP contribution in [0.15, 0.2) is 15.7 Å². The summed E-state index contributed by atoms with van der Waals surface area (Å²) in [5.41, 5.74) is -0.846. The zero-order chi connectivity index (χ0) is 20.7. The molecular weight excluding hydrogens is 372 g/mol. The molecule has 2 N–H and O–H groups in total. The van der Waals surface area contributed by atoms with E-state index in [1.54, 1.807) is 0 Å². The Morgan fingerprint density at radius 3 is 2.18 bits per heavy atom. The van der Waals surface area contributed by atoms with Crippen LogP contribution >= 0.6 is 0 Å². The Morgan fingerprint density at radius 2 is 1.64 bits per heavy atom. The van der Waals surface area contributed by atoms with Gasteiger partial charge in [0.1, 0.15) is 16.9 Å². The number of carbonyl (C=O) groups is 1. The number of hydrogen-bond donors (Lipinski definition) is 2. The van der Waals surface area contributed by atoms with Crippen molar-refractivity contribution in [2.75, 3.05) is 21.3 Å². The van der Waals surface area contributed by atoms with Gasteiger partial charge in [-0.1, -0.05) is 0 Å². The Bertz CT molecular complexity index is 1220. The Morgan fingerprint density at radius 1 is 1.04 bits per heavy atom. The molecule has 0 fully saturated rings. The molecule has 11 nitrogen and oxygen atoms in total. The summed E-state index contributed by atoms with van der Waals surface area (Å²) in [6.45, 7) is 0. The second-order valence-corrected chi connectivity index (χ2v) is 5.87. The van der Waals surface area contributed by atoms with Gasteiger partial charge in [-0.05, 0) is 6.07 Å². The van der Waals surface area contributed by atoms with Gasteiger partial charge in [-0.3, -0.25) is 13.9 Å². The first-order valence-corrected chi connectivity index (χ1v) is 7.99. The van der Waals surface area contributed by atoms with E-state index in [1.807, 2.05) is 0 Å². The second kappa shape index (κ2) is 6.76. The monoisotopic (exact) mass is 390 g/mol. The van der Waals surface area contributed by atoms with Gasteiger partial charge in [0.05, 0.1) is 26.9 Å². The zero-order valence-corrected chi connectivity index (χ0v) is 15.8. The number of carboxylic acid groups (broad SMARTS) is 1. The van der Waals surface area contributed by atoms with E-state index >= 15 is 0 Å². The lowest BCUT2D eigenvalue weighted by atomic mass is 10.1. The van der Waals surface area contributed by atoms with Crippen LogP contribution in [0.2, 0.25) is 0 Å². The van der Waals surface area contributed by atoms with Gasteiger partial charge in [-0.25, -0.2) is 14.6 Å². The summed E-state index contributed by atoms with van der Waals surface area (Å²) in [6.07, 6.45) is 0. The molecule has 2 aromatic heterocycles. The first-order chi connectivity index (χ1) is 13.3. The number of imidazole rings is 1. The molecule has 3 rings (SSSR count). The number of nitrogens with one attached hydrogen (secondary N) is 1. The highest BCUT2D eigenvalue weighted by Crippen LogP contribution is 2.46. The Hall–Kier alpha value is -3.76. The minimum atomic E-state index is -1.25. The molecule has 0 saturated carbocycles. The number of rotatable bonds is 5. The van der Waals surface area contributed by atoms with Crippen molar-refractivity contribution in [2.24, 2.45) is 14.1 Å². The fraction of sp³-hybridized carbons (Fsp3) is 0.294. The number of ether oxygens (including phenoxy) is 3. The van der Waals surface area contributed by atoms with E-state index in [0.29, 0.717) is 0 Å². The van der Waals surface area contributed by atoms with Gasteiger partial charge in [0, 0.05) is 14.1 Å². The largest absolute Gasteiger partial charge is 0.492 e. The number of methoxy groups -OCH3 is 3. The van der Waals surface area contributed by atoms with Crippen molar-refractivity contribution in [1.82, 2.24) is 19.1 Å². The minimum absolute atomic E-state index is 0.0185. The molecule has 11 heteroatoms. The summed E-state index contributed by atoms with van der Waals surface area (Å²) in [7, 11) is 6.85. The van der Waals surface area contributed by atoms with E-state index in [9.17, 15) is 19.5 Å². The fourth-order valence-electron chi connectivity index (χ4n) is 3.00. The molecule has 0 amide bonds. The second-order valence-electron chi connectivity index (χ2n) is 5.87. The van der Waals surface area contributed by atoms with Gasteiger partial charge < -0.3 is 24.3 Å². The van der Waals surface area contributed by atoms with Crippen LogP contribution < -0.4 is 25.5 Å². The van der Waals surface area contributed by atoms with Crippen LogP contribution in [0.4, 0.5) is 0 Å². The van der Waals surface area contributed by atoms with Crippen LogP contribution in [0, 0.1) is 0 Å². The van der Waals surface area contributed by atoms with Gasteiger partial charge >= 0.3 is 11.7 Å². The molecule has 0 radical (unpaired) electrons. The Labute approximate surface area is 157 Å². The molecule has 0 saturated heterocycles. The number of aryl methyl sites for hydroxylation is 1. The molecule has 0 unspecified atom stereocenters. The van der Waals surface area contributed by atoms with Gasteiger partial charge in [-0.15, -0.1) is 0 Å². The van der Waals surface area contributed by atoms with Crippen molar-refractivity contribution >= 4 is 17.1 Å². The predicted molar refractivity (Wildman–Crippen MR) is 98.6 cm³/mol. The number of aromatic nitrogens is 4. The van der Waals surface area contributed by atoms with Gasteiger partial charge in [0.25, 0.3) is 5.56 Å². The molecule has 0 atom stereocenters. The molecule has 0 spiro atoms. The predicted octanol–water partition coefficient (Wildman–Crippen LogP) is 0.351. The maximum absolute atomic E-state index is 12.4. The van der Waals surface area contributed by atoms with E-state index in [1.165, 1.54) is 46.1 Å². The molecular formula is C17H18N4O7. The smallest absolute Gasteiger partial charge is 0.339 e. The summed E-state index contributed by atoms with van der Waals surface area (Å²) < 4.78 is 18.0. The highest BCUT2D eigenvalue weighted by atomic mass is 16.5. The molecule has 0 aliphatic carbocycles. The lowest BCUT2D eigenvalue weighted by Gasteiger charge is -2.16. The highest BCUT2D eigenvalue weighted by molar-refractivity contribution is 5.96. The van der Waals surface area contributed by atoms with Gasteiger partial charge in [-0.2, -0.15) is 0 Å². The quantitative estimate of drug-likeness (QED) is 0.637. The lowest BCUT2D eigenvalue weighted by Crippen LogP contribution is -2.36. The third-order valence-electron chi connectivity index (χ3n) is 4.38. The molecule has 0 bridgehead atoms. The average Bonchev–Trinajstić information content (AvgIpc) is 3.14. The lowest BCUT2D eigenvalue weighted by molar-refractivity contribution is 0.0692. The van der Waals surface area contributed by atoms with Crippen molar-refractivity contribution in [2.45, 2.75) is 0 Å². The van der Waals surface area contributed by atoms with Crippen molar-refractivity contribution in [3.05, 3.63) is 32.5 Å². The molecule has 0 aliphatic heterocycles. The first-order valence-electron chi connectivity index (χ1n) is 7.99. The summed E-state index contributed by atoms with van der Waals surface area (Å²) >= 11 is 0. The average molecular weight is 390 g/mol. The summed E-state index contributed by atoms with van der Waals surface area (Å²) in [5, 5.41) is 9.55. The fourth-order valence-corrected chi connectivity index (χ4v) is 3.00. The van der Waals surface area contributed by atoms with E-state index < -0.39 is 17.2 Å². The molecule has 3 aromatic rings. The molecule has 148 valence electrons. The molecule has 28 heavy (non-hydrogen) atoms. The van der Waals surface area contributed by atoms with Gasteiger partial charge in [0.15, 0.2) is 17.1 Å². The SMILES string of the molecule is COc1c(C(=O)O)cc(-c2nc3c([nH]2)c(=O)n(C)c(=O)n3C)c(OC)c1OC. The van der Waals surface area contributed by atoms with Crippen LogP contribution in [0.25, 0.3) is 22.6 Å². The topological polar surface area (TPSA) is 138 Å². The Balaban J connectivity index is 2.44. The van der Waals surface area contributed by atoms with Crippen LogP contribution in [0.1, 0.15) is 10.4 Å². The number of fused-ring (bicyclic) bond motifs is 1. The Kier molecular flexibility index (Phi) is 4.59. The van der Waals surface area contributed by atoms with E-state index in [2.05, 4.69) is 9.97 Å². The number of aromatic amines is 1. The summed E-state index contributed by atoms with van der Waals surface area (Å²) in [5.74, 6) is -0.922. The number of hydrogen-bond acceptors (Lipinski definition) is 7. The number of carboxylic acids is 1. The maximum atomic E-state index is 12.4. The number of aromatic carboxylic acids is 1. The van der Waals surface area contributed by atoms with E-state index in [-0.39, 0.29) is 45.4 Å². The van der Waals surface area contributed by atoms with Crippen molar-refractivity contribution in [1.29, 1.82) is 0 Å². The summed E-state index contributed by atoms with van der Waals surface area (Å²) in [4.78, 5) is 43.4. The molecule has 0 aliphatic rings. The third kappa shape index (κ3) is 2.59. The van der Waals surface area contributed by atoms with Crippen molar-refractivity contribution in [3.63, 3.8) is 0 Å². The van der Waals surface area contributed by atoms with Crippen molar-refractivity contribution < 1.29 is 24.1 Å². The van der Waals surface area contributed by atoms with Crippen LogP contribution in [-0.4, -0.2) is 51.5 Å². The minimum Gasteiger partial charge on any atom is -0.492 e. The summed E-state index contributed by atoms with van der Waals surface area (Å²) in [6, 6.07) is 1.29. The number of H-pyrrole nitrogens is 1. The van der Waals surface area contributed by atoms with E-state index in [0.717, 1.165) is 4.57 Å². The first kappa shape index (κ1) is 19.0. The highest BCUT2D eigenvalue weighted by Gasteiger charge is 2.27.